The van der Waals surface area contributed by atoms with E-state index >= 15 is 0 Å². The zero-order valence-corrected chi connectivity index (χ0v) is 6.27. The highest BCUT2D eigenvalue weighted by Gasteiger charge is 2.13. The molecule has 0 aromatic heterocycles. The summed E-state index contributed by atoms with van der Waals surface area (Å²) in [5, 5.41) is 9.86. The van der Waals surface area contributed by atoms with Crippen LogP contribution in [0, 0.1) is 0 Å². The molecular weight excluding hydrogens is 154 g/mol. The average molecular weight is 161 g/mol. The fraction of sp³-hybridized carbons (Fsp3) is 0. The highest BCUT2D eigenvalue weighted by atomic mass is 16.7. The Morgan fingerprint density at radius 3 is 2.75 bits per heavy atom. The van der Waals surface area contributed by atoms with E-state index in [1.807, 2.05) is 30.3 Å². The van der Waals surface area contributed by atoms with Crippen molar-refractivity contribution >= 4 is 5.69 Å². The molecule has 0 amide bonds. The second kappa shape index (κ2) is 3.04. The van der Waals surface area contributed by atoms with Crippen LogP contribution in [0.1, 0.15) is 0 Å². The van der Waals surface area contributed by atoms with Gasteiger partial charge in [-0.2, -0.15) is 0 Å². The van der Waals surface area contributed by atoms with Crippen LogP contribution in [0.5, 0.6) is 0 Å². The maximum absolute atomic E-state index is 4.77. The first-order valence-corrected chi connectivity index (χ1v) is 3.54. The Morgan fingerprint density at radius 1 is 1.25 bits per heavy atom. The molecule has 0 fully saturated rings. The van der Waals surface area contributed by atoms with Crippen molar-refractivity contribution in [2.24, 2.45) is 5.11 Å². The number of nitrogens with one attached hydrogen (secondary N) is 1. The molecule has 1 heterocycles. The lowest BCUT2D eigenvalue weighted by Gasteiger charge is -1.98. The van der Waals surface area contributed by atoms with E-state index in [4.69, 9.17) is 4.84 Å². The van der Waals surface area contributed by atoms with Gasteiger partial charge < -0.3 is 5.32 Å². The van der Waals surface area contributed by atoms with Crippen LogP contribution in [0.15, 0.2) is 47.5 Å². The van der Waals surface area contributed by atoms with E-state index in [1.165, 1.54) is 6.20 Å². The van der Waals surface area contributed by atoms with Crippen LogP contribution in [0.2, 0.25) is 0 Å². The van der Waals surface area contributed by atoms with Crippen molar-refractivity contribution in [2.45, 2.75) is 0 Å². The van der Waals surface area contributed by atoms with Crippen molar-refractivity contribution in [1.82, 2.24) is 5.28 Å². The minimum absolute atomic E-state index is 0.543. The number of hydrogen-bond donors (Lipinski definition) is 1. The van der Waals surface area contributed by atoms with E-state index in [9.17, 15) is 0 Å². The van der Waals surface area contributed by atoms with Gasteiger partial charge in [-0.25, -0.2) is 0 Å². The molecule has 59 valence electrons. The first-order chi connectivity index (χ1) is 5.95. The third-order valence-electron chi connectivity index (χ3n) is 1.40. The molecule has 4 heteroatoms. The highest BCUT2D eigenvalue weighted by molar-refractivity contribution is 5.46. The second-order valence-electron chi connectivity index (χ2n) is 2.27. The number of benzene rings is 1. The van der Waals surface area contributed by atoms with Gasteiger partial charge in [-0.15, -0.1) is 4.84 Å². The average Bonchev–Trinajstić information content (AvgIpc) is 2.59. The zero-order chi connectivity index (χ0) is 8.23. The van der Waals surface area contributed by atoms with Gasteiger partial charge in [0.1, 0.15) is 5.11 Å². The minimum atomic E-state index is 0.543. The number of rotatable bonds is 2. The van der Waals surface area contributed by atoms with Gasteiger partial charge in [0, 0.05) is 5.69 Å². The fourth-order valence-electron chi connectivity index (χ4n) is 0.886. The lowest BCUT2D eigenvalue weighted by molar-refractivity contribution is 0.171. The van der Waals surface area contributed by atoms with Gasteiger partial charge in [0.2, 0.25) is 0 Å². The molecule has 12 heavy (non-hydrogen) atoms. The van der Waals surface area contributed by atoms with Crippen molar-refractivity contribution in [3.8, 4) is 0 Å². The van der Waals surface area contributed by atoms with Crippen LogP contribution in [-0.4, -0.2) is 0 Å². The summed E-state index contributed by atoms with van der Waals surface area (Å²) in [5.41, 5.74) is 0.955. The summed E-state index contributed by atoms with van der Waals surface area (Å²) < 4.78 is 0. The first-order valence-electron chi connectivity index (χ1n) is 3.54. The van der Waals surface area contributed by atoms with Crippen molar-refractivity contribution < 1.29 is 4.84 Å². The summed E-state index contributed by atoms with van der Waals surface area (Å²) in [6.07, 6.45) is 1.52. The molecule has 1 aliphatic heterocycles. The van der Waals surface area contributed by atoms with Crippen molar-refractivity contribution in [1.29, 1.82) is 0 Å². The molecule has 1 aliphatic rings. The molecule has 0 spiro atoms. The Bertz CT molecular complexity index is 318. The maximum atomic E-state index is 4.77. The number of nitrogens with zero attached hydrogens (tertiary/aromatic N) is 2. The van der Waals surface area contributed by atoms with Crippen LogP contribution in [0.3, 0.4) is 0 Å². The smallest absolute Gasteiger partial charge is 0.319 e. The van der Waals surface area contributed by atoms with Gasteiger partial charge in [0.05, 0.1) is 0 Å². The molecule has 0 unspecified atom stereocenters. The number of anilines is 1. The SMILES string of the molecule is C1=C(Nc2ccccc2)O[N+]=N1. The molecule has 1 aromatic rings. The van der Waals surface area contributed by atoms with E-state index in [2.05, 4.69) is 15.7 Å². The zero-order valence-electron chi connectivity index (χ0n) is 6.27. The third-order valence-corrected chi connectivity index (χ3v) is 1.40. The normalized spacial score (nSPS) is 13.8. The van der Waals surface area contributed by atoms with Crippen LogP contribution < -0.4 is 10.6 Å². The van der Waals surface area contributed by atoms with Crippen LogP contribution in [0.25, 0.3) is 0 Å². The van der Waals surface area contributed by atoms with Crippen LogP contribution in [0.4, 0.5) is 5.69 Å². The molecule has 1 aromatic carbocycles. The van der Waals surface area contributed by atoms with E-state index in [1.54, 1.807) is 0 Å². The van der Waals surface area contributed by atoms with E-state index in [-0.39, 0.29) is 0 Å². The largest absolute Gasteiger partial charge is 0.469 e. The number of hydrogen-bond acceptors (Lipinski definition) is 4. The Balaban J connectivity index is 2.05. The highest BCUT2D eigenvalue weighted by Crippen LogP contribution is 2.10. The summed E-state index contributed by atoms with van der Waals surface area (Å²) in [6.45, 7) is 0. The van der Waals surface area contributed by atoms with Crippen LogP contribution >= 0.6 is 0 Å². The van der Waals surface area contributed by atoms with Gasteiger partial charge >= 0.3 is 11.2 Å². The van der Waals surface area contributed by atoms with E-state index in [0.29, 0.717) is 5.88 Å². The molecular formula is C8H7N3O+. The fourth-order valence-corrected chi connectivity index (χ4v) is 0.886. The van der Waals surface area contributed by atoms with Gasteiger partial charge in [0.15, 0.2) is 6.20 Å². The van der Waals surface area contributed by atoms with Crippen molar-refractivity contribution in [2.75, 3.05) is 5.32 Å². The summed E-state index contributed by atoms with van der Waals surface area (Å²) >= 11 is 0. The summed E-state index contributed by atoms with van der Waals surface area (Å²) in [7, 11) is 0. The second-order valence-corrected chi connectivity index (χ2v) is 2.27. The summed E-state index contributed by atoms with van der Waals surface area (Å²) in [4.78, 5) is 4.77. The molecule has 0 bridgehead atoms. The lowest BCUT2D eigenvalue weighted by Crippen LogP contribution is -2.00. The summed E-state index contributed by atoms with van der Waals surface area (Å²) in [6, 6.07) is 9.69. The van der Waals surface area contributed by atoms with Gasteiger partial charge in [-0.3, -0.25) is 0 Å². The van der Waals surface area contributed by atoms with Crippen molar-refractivity contribution in [3.05, 3.63) is 42.4 Å². The van der Waals surface area contributed by atoms with Crippen LogP contribution in [-0.2, 0) is 4.84 Å². The van der Waals surface area contributed by atoms with Gasteiger partial charge in [0.25, 0.3) is 0 Å². The maximum Gasteiger partial charge on any atom is 0.469 e. The molecule has 0 aliphatic carbocycles. The third kappa shape index (κ3) is 1.42. The van der Waals surface area contributed by atoms with E-state index < -0.39 is 0 Å². The molecule has 0 saturated carbocycles. The first kappa shape index (κ1) is 6.84. The minimum Gasteiger partial charge on any atom is -0.319 e. The standard InChI is InChI=1S/C8H7N3O/c1-2-4-7(5-3-1)10-8-6-9-11-12-8/h1-6,10H/q+1. The molecule has 2 rings (SSSR count). The molecule has 0 saturated heterocycles. The molecule has 1 radical (unpaired) electrons. The number of para-hydroxylation sites is 1. The quantitative estimate of drug-likeness (QED) is 0.716. The monoisotopic (exact) mass is 161 g/mol. The van der Waals surface area contributed by atoms with Gasteiger partial charge in [-0.05, 0) is 12.1 Å². The Morgan fingerprint density at radius 2 is 2.08 bits per heavy atom. The Hall–Kier alpha value is -1.84. The Labute approximate surface area is 69.5 Å². The van der Waals surface area contributed by atoms with E-state index in [0.717, 1.165) is 5.69 Å². The lowest BCUT2D eigenvalue weighted by atomic mass is 10.3. The predicted molar refractivity (Wildman–Crippen MR) is 43.8 cm³/mol. The summed E-state index contributed by atoms with van der Waals surface area (Å²) in [5.74, 6) is 0.543. The predicted octanol–water partition coefficient (Wildman–Crippen LogP) is 1.63. The molecule has 1 N–H and O–H groups in total. The van der Waals surface area contributed by atoms with Gasteiger partial charge in [-0.1, -0.05) is 18.2 Å². The Kier molecular flexibility index (Phi) is 1.74. The van der Waals surface area contributed by atoms with Crippen molar-refractivity contribution in [3.63, 3.8) is 0 Å². The molecule has 0 atom stereocenters. The topological polar surface area (TPSA) is 47.7 Å². The molecule has 4 nitrogen and oxygen atoms in total.